The van der Waals surface area contributed by atoms with E-state index in [2.05, 4.69) is 15.6 Å². The highest BCUT2D eigenvalue weighted by Crippen LogP contribution is 2.18. The van der Waals surface area contributed by atoms with Crippen LogP contribution < -0.4 is 10.6 Å². The third-order valence-electron chi connectivity index (χ3n) is 4.35. The maximum Gasteiger partial charge on any atom is 0.274 e. The Morgan fingerprint density at radius 3 is 2.86 bits per heavy atom. The molecule has 0 fully saturated rings. The Balaban J connectivity index is 1.76. The first kappa shape index (κ1) is 20.8. The molecule has 0 unspecified atom stereocenters. The van der Waals surface area contributed by atoms with E-state index in [0.29, 0.717) is 12.1 Å². The van der Waals surface area contributed by atoms with Crippen molar-refractivity contribution in [1.29, 1.82) is 0 Å². The molecule has 9 heteroatoms. The number of aliphatic hydroxyl groups is 1. The number of fused-ring (bicyclic) bond motifs is 1. The number of aromatic nitrogens is 2. The van der Waals surface area contributed by atoms with Crippen LogP contribution in [0, 0.1) is 5.82 Å². The fraction of sp³-hybridized carbons (Fsp3) is 0.250. The van der Waals surface area contributed by atoms with Crippen LogP contribution in [-0.2, 0) is 0 Å². The summed E-state index contributed by atoms with van der Waals surface area (Å²) in [5, 5.41) is 14.6. The number of pyridine rings is 1. The maximum absolute atomic E-state index is 14.2. The minimum absolute atomic E-state index is 0.113. The van der Waals surface area contributed by atoms with Crippen molar-refractivity contribution < 1.29 is 19.1 Å². The molecule has 1 atom stereocenters. The van der Waals surface area contributed by atoms with E-state index >= 15 is 0 Å². The fourth-order valence-electron chi connectivity index (χ4n) is 2.79. The number of aliphatic hydroxyl groups excluding tert-OH is 1. The normalized spacial score (nSPS) is 12.0. The molecule has 2 heterocycles. The minimum atomic E-state index is -0.662. The Bertz CT molecular complexity index is 1020. The molecular weight excluding hydrogens is 395 g/mol. The second kappa shape index (κ2) is 9.53. The second-order valence-corrected chi connectivity index (χ2v) is 7.34. The lowest BCUT2D eigenvalue weighted by atomic mass is 10.1. The molecule has 0 saturated heterocycles. The van der Waals surface area contributed by atoms with E-state index in [4.69, 9.17) is 0 Å². The van der Waals surface area contributed by atoms with Crippen LogP contribution in [0.2, 0.25) is 0 Å². The third-order valence-corrected chi connectivity index (χ3v) is 5.00. The van der Waals surface area contributed by atoms with Gasteiger partial charge in [-0.3, -0.25) is 14.0 Å². The lowest BCUT2D eigenvalue weighted by Crippen LogP contribution is -2.38. The van der Waals surface area contributed by atoms with Crippen molar-refractivity contribution in [2.24, 2.45) is 0 Å². The number of benzene rings is 1. The molecular formula is C20H21FN4O3S. The topological polar surface area (TPSA) is 95.7 Å². The van der Waals surface area contributed by atoms with Crippen LogP contribution in [0.1, 0.15) is 27.3 Å². The average Bonchev–Trinajstić information content (AvgIpc) is 3.16. The van der Waals surface area contributed by atoms with Gasteiger partial charge in [-0.2, -0.15) is 11.8 Å². The first-order valence-electron chi connectivity index (χ1n) is 8.97. The van der Waals surface area contributed by atoms with Crippen LogP contribution >= 0.6 is 11.8 Å². The molecule has 3 rings (SSSR count). The molecule has 2 amide bonds. The Morgan fingerprint density at radius 2 is 2.10 bits per heavy atom. The molecule has 0 aliphatic rings. The van der Waals surface area contributed by atoms with Crippen molar-refractivity contribution in [3.05, 3.63) is 65.9 Å². The van der Waals surface area contributed by atoms with Crippen molar-refractivity contribution in [3.63, 3.8) is 0 Å². The van der Waals surface area contributed by atoms with Crippen molar-refractivity contribution in [1.82, 2.24) is 14.7 Å². The number of imidazole rings is 1. The zero-order chi connectivity index (χ0) is 20.8. The number of nitrogens with one attached hydrogen (secondary N) is 2. The molecule has 152 valence electrons. The summed E-state index contributed by atoms with van der Waals surface area (Å²) in [5.41, 5.74) is 0.902. The summed E-state index contributed by atoms with van der Waals surface area (Å²) >= 11 is 1.61. The number of anilines is 1. The van der Waals surface area contributed by atoms with E-state index in [0.717, 1.165) is 11.8 Å². The van der Waals surface area contributed by atoms with E-state index in [1.54, 1.807) is 40.6 Å². The van der Waals surface area contributed by atoms with Crippen molar-refractivity contribution in [2.75, 3.05) is 23.9 Å². The van der Waals surface area contributed by atoms with Crippen LogP contribution in [0.5, 0.6) is 0 Å². The molecule has 7 nitrogen and oxygen atoms in total. The quantitative estimate of drug-likeness (QED) is 0.525. The van der Waals surface area contributed by atoms with Gasteiger partial charge < -0.3 is 15.7 Å². The van der Waals surface area contributed by atoms with Gasteiger partial charge in [-0.1, -0.05) is 6.07 Å². The Kier molecular flexibility index (Phi) is 6.84. The van der Waals surface area contributed by atoms with Gasteiger partial charge in [0.05, 0.1) is 24.5 Å². The molecule has 0 bridgehead atoms. The summed E-state index contributed by atoms with van der Waals surface area (Å²) in [7, 11) is 0. The predicted octanol–water partition coefficient (Wildman–Crippen LogP) is 2.57. The first-order chi connectivity index (χ1) is 14.0. The lowest BCUT2D eigenvalue weighted by Gasteiger charge is -2.16. The van der Waals surface area contributed by atoms with Crippen LogP contribution in [0.3, 0.4) is 0 Å². The molecule has 29 heavy (non-hydrogen) atoms. The third kappa shape index (κ3) is 4.93. The number of hydrogen-bond donors (Lipinski definition) is 3. The number of thioether (sulfide) groups is 1. The molecule has 0 radical (unpaired) electrons. The number of carbonyl (C=O) groups is 2. The zero-order valence-corrected chi connectivity index (χ0v) is 16.6. The lowest BCUT2D eigenvalue weighted by molar-refractivity contribution is 0.0914. The van der Waals surface area contributed by atoms with E-state index in [1.807, 2.05) is 6.26 Å². The van der Waals surface area contributed by atoms with Crippen LogP contribution in [0.25, 0.3) is 5.65 Å². The summed E-state index contributed by atoms with van der Waals surface area (Å²) in [4.78, 5) is 29.2. The minimum Gasteiger partial charge on any atom is -0.394 e. The molecule has 2 aromatic heterocycles. The largest absolute Gasteiger partial charge is 0.394 e. The van der Waals surface area contributed by atoms with Gasteiger partial charge in [-0.25, -0.2) is 9.37 Å². The molecule has 0 aliphatic heterocycles. The molecule has 3 N–H and O–H groups in total. The zero-order valence-electron chi connectivity index (χ0n) is 15.8. The Morgan fingerprint density at radius 1 is 1.28 bits per heavy atom. The summed E-state index contributed by atoms with van der Waals surface area (Å²) in [6.07, 6.45) is 5.63. The van der Waals surface area contributed by atoms with Crippen molar-refractivity contribution in [2.45, 2.75) is 12.5 Å². The van der Waals surface area contributed by atoms with Gasteiger partial charge in [0.25, 0.3) is 11.8 Å². The highest BCUT2D eigenvalue weighted by Gasteiger charge is 2.17. The number of carbonyl (C=O) groups excluding carboxylic acids is 2. The second-order valence-electron chi connectivity index (χ2n) is 6.36. The maximum atomic E-state index is 14.2. The molecule has 0 spiro atoms. The van der Waals surface area contributed by atoms with Gasteiger partial charge in [0, 0.05) is 11.8 Å². The fourth-order valence-corrected chi connectivity index (χ4v) is 3.31. The molecule has 3 aromatic rings. The SMILES string of the molecule is CSCC[C@@H](CO)NC(=O)c1ccc(F)c(NC(=O)c2cnc3ccccn23)c1. The highest BCUT2D eigenvalue weighted by atomic mass is 32.2. The average molecular weight is 416 g/mol. The summed E-state index contributed by atoms with van der Waals surface area (Å²) in [6.45, 7) is -0.189. The van der Waals surface area contributed by atoms with Gasteiger partial charge >= 0.3 is 0 Å². The van der Waals surface area contributed by atoms with Crippen molar-refractivity contribution in [3.8, 4) is 0 Å². The van der Waals surface area contributed by atoms with Gasteiger partial charge in [0.2, 0.25) is 0 Å². The van der Waals surface area contributed by atoms with Gasteiger partial charge in [0.1, 0.15) is 17.2 Å². The smallest absolute Gasteiger partial charge is 0.274 e. The summed E-state index contributed by atoms with van der Waals surface area (Å²) in [5.74, 6) is -0.871. The summed E-state index contributed by atoms with van der Waals surface area (Å²) in [6, 6.07) is 8.63. The number of amides is 2. The van der Waals surface area contributed by atoms with E-state index in [9.17, 15) is 19.1 Å². The van der Waals surface area contributed by atoms with Crippen LogP contribution in [0.15, 0.2) is 48.8 Å². The van der Waals surface area contributed by atoms with E-state index < -0.39 is 23.7 Å². The number of nitrogens with zero attached hydrogens (tertiary/aromatic N) is 2. The van der Waals surface area contributed by atoms with Gasteiger partial charge in [-0.15, -0.1) is 0 Å². The van der Waals surface area contributed by atoms with Crippen LogP contribution in [-0.4, -0.2) is 51.0 Å². The number of halogens is 1. The molecule has 1 aromatic carbocycles. The van der Waals surface area contributed by atoms with Crippen molar-refractivity contribution >= 4 is 34.9 Å². The predicted molar refractivity (Wildman–Crippen MR) is 111 cm³/mol. The van der Waals surface area contributed by atoms with E-state index in [1.165, 1.54) is 18.3 Å². The highest BCUT2D eigenvalue weighted by molar-refractivity contribution is 7.98. The molecule has 0 aliphatic carbocycles. The van der Waals surface area contributed by atoms with E-state index in [-0.39, 0.29) is 23.6 Å². The Hall–Kier alpha value is -2.91. The Labute approximate surface area is 171 Å². The first-order valence-corrected chi connectivity index (χ1v) is 10.4. The monoisotopic (exact) mass is 416 g/mol. The van der Waals surface area contributed by atoms with Crippen LogP contribution in [0.4, 0.5) is 10.1 Å². The number of rotatable bonds is 8. The molecule has 0 saturated carbocycles. The number of hydrogen-bond acceptors (Lipinski definition) is 5. The van der Waals surface area contributed by atoms with Gasteiger partial charge in [-0.05, 0) is 48.8 Å². The standard InChI is InChI=1S/C20H21FN4O3S/c1-29-9-7-14(12-26)23-19(27)13-5-6-15(21)16(10-13)24-20(28)17-11-22-18-4-2-3-8-25(17)18/h2-6,8,10-11,14,26H,7,9,12H2,1H3,(H,23,27)(H,24,28)/t14-/m0/s1. The van der Waals surface area contributed by atoms with Gasteiger partial charge in [0.15, 0.2) is 0 Å². The summed E-state index contributed by atoms with van der Waals surface area (Å²) < 4.78 is 15.8.